The van der Waals surface area contributed by atoms with Crippen LogP contribution in [0.5, 0.6) is 0 Å². The maximum absolute atomic E-state index is 11.9. The van der Waals surface area contributed by atoms with Crippen LogP contribution in [0.2, 0.25) is 0 Å². The fourth-order valence-corrected chi connectivity index (χ4v) is 1.86. The first-order valence-electron chi connectivity index (χ1n) is 5.09. The summed E-state index contributed by atoms with van der Waals surface area (Å²) in [6.07, 6.45) is -6.10. The zero-order valence-electron chi connectivity index (χ0n) is 8.97. The van der Waals surface area contributed by atoms with Gasteiger partial charge in [0.1, 0.15) is 0 Å². The summed E-state index contributed by atoms with van der Waals surface area (Å²) in [6.45, 7) is 0. The third-order valence-corrected chi connectivity index (χ3v) is 2.84. The number of hydrogen-bond donors (Lipinski definition) is 2. The fraction of sp³-hybridized carbons (Fsp3) is 0.455. The minimum absolute atomic E-state index is 0.0418. The summed E-state index contributed by atoms with van der Waals surface area (Å²) in [5, 5.41) is 9.75. The monoisotopic (exact) mass is 311 g/mol. The lowest BCUT2D eigenvalue weighted by atomic mass is 10.0. The fourth-order valence-electron chi connectivity index (χ4n) is 1.49. The van der Waals surface area contributed by atoms with E-state index < -0.39 is 18.7 Å². The molecule has 0 aliphatic rings. The van der Waals surface area contributed by atoms with Crippen molar-refractivity contribution in [3.63, 3.8) is 0 Å². The van der Waals surface area contributed by atoms with Crippen LogP contribution >= 0.6 is 15.9 Å². The van der Waals surface area contributed by atoms with E-state index in [2.05, 4.69) is 15.9 Å². The molecule has 0 amide bonds. The number of nitrogen functional groups attached to an aromatic ring is 1. The van der Waals surface area contributed by atoms with Crippen LogP contribution in [0.15, 0.2) is 22.7 Å². The van der Waals surface area contributed by atoms with Crippen molar-refractivity contribution in [2.75, 3.05) is 5.73 Å². The van der Waals surface area contributed by atoms with Crippen LogP contribution in [-0.2, 0) is 0 Å². The second-order valence-electron chi connectivity index (χ2n) is 3.80. The van der Waals surface area contributed by atoms with Crippen molar-refractivity contribution >= 4 is 21.6 Å². The Hall–Kier alpha value is -0.750. The topological polar surface area (TPSA) is 46.2 Å². The Bertz CT molecular complexity index is 381. The van der Waals surface area contributed by atoms with Crippen molar-refractivity contribution < 1.29 is 18.3 Å². The molecule has 0 aliphatic heterocycles. The number of anilines is 1. The number of rotatable bonds is 4. The minimum Gasteiger partial charge on any atom is -0.398 e. The molecule has 0 heterocycles. The van der Waals surface area contributed by atoms with E-state index in [4.69, 9.17) is 5.73 Å². The van der Waals surface area contributed by atoms with Crippen LogP contribution in [0.3, 0.4) is 0 Å². The molecule has 0 radical (unpaired) electrons. The largest absolute Gasteiger partial charge is 0.398 e. The van der Waals surface area contributed by atoms with Gasteiger partial charge in [-0.2, -0.15) is 13.2 Å². The quantitative estimate of drug-likeness (QED) is 0.831. The molecule has 6 heteroatoms. The van der Waals surface area contributed by atoms with Crippen molar-refractivity contribution in [2.45, 2.75) is 31.5 Å². The number of benzene rings is 1. The molecule has 2 nitrogen and oxygen atoms in total. The number of aliphatic hydroxyl groups excluding tert-OH is 1. The first kappa shape index (κ1) is 14.3. The third-order valence-electron chi connectivity index (χ3n) is 2.35. The average Bonchev–Trinajstić information content (AvgIpc) is 2.19. The summed E-state index contributed by atoms with van der Waals surface area (Å²) < 4.78 is 36.5. The van der Waals surface area contributed by atoms with Crippen molar-refractivity contribution in [3.05, 3.63) is 28.2 Å². The number of hydrogen-bond acceptors (Lipinski definition) is 2. The summed E-state index contributed by atoms with van der Waals surface area (Å²) in [4.78, 5) is 0. The molecule has 0 saturated heterocycles. The van der Waals surface area contributed by atoms with Crippen molar-refractivity contribution in [1.82, 2.24) is 0 Å². The Kier molecular flexibility index (Phi) is 4.82. The maximum Gasteiger partial charge on any atom is 0.389 e. The van der Waals surface area contributed by atoms with Gasteiger partial charge in [-0.25, -0.2) is 0 Å². The molecular weight excluding hydrogens is 299 g/mol. The Morgan fingerprint density at radius 3 is 2.59 bits per heavy atom. The predicted octanol–water partition coefficient (Wildman–Crippen LogP) is 3.80. The van der Waals surface area contributed by atoms with Gasteiger partial charge in [-0.05, 0) is 31.0 Å². The van der Waals surface area contributed by atoms with Gasteiger partial charge in [-0.15, -0.1) is 0 Å². The summed E-state index contributed by atoms with van der Waals surface area (Å²) in [6, 6.07) is 4.93. The molecule has 0 saturated carbocycles. The molecule has 96 valence electrons. The van der Waals surface area contributed by atoms with E-state index in [0.717, 1.165) is 4.47 Å². The standard InChI is InChI=1S/C11H13BrF3NO/c12-7-3-4-9(16)8(6-7)10(17)2-1-5-11(13,14)15/h3-4,6,10,17H,1-2,5,16H2. The van der Waals surface area contributed by atoms with Crippen molar-refractivity contribution in [2.24, 2.45) is 0 Å². The summed E-state index contributed by atoms with van der Waals surface area (Å²) in [7, 11) is 0. The normalized spacial score (nSPS) is 13.7. The van der Waals surface area contributed by atoms with E-state index in [1.807, 2.05) is 0 Å². The van der Waals surface area contributed by atoms with Crippen LogP contribution < -0.4 is 5.73 Å². The summed E-state index contributed by atoms with van der Waals surface area (Å²) in [5.74, 6) is 0. The molecule has 0 aromatic heterocycles. The lowest BCUT2D eigenvalue weighted by Crippen LogP contribution is -2.08. The molecule has 1 aromatic rings. The van der Waals surface area contributed by atoms with Gasteiger partial charge in [0.25, 0.3) is 0 Å². The molecule has 1 atom stereocenters. The molecule has 17 heavy (non-hydrogen) atoms. The van der Waals surface area contributed by atoms with E-state index in [9.17, 15) is 18.3 Å². The third kappa shape index (κ3) is 4.95. The summed E-state index contributed by atoms with van der Waals surface area (Å²) in [5.41, 5.74) is 6.49. The van der Waals surface area contributed by atoms with Crippen molar-refractivity contribution in [3.8, 4) is 0 Å². The van der Waals surface area contributed by atoms with Gasteiger partial charge >= 0.3 is 6.18 Å². The highest BCUT2D eigenvalue weighted by Gasteiger charge is 2.26. The number of nitrogens with two attached hydrogens (primary N) is 1. The number of aliphatic hydroxyl groups is 1. The highest BCUT2D eigenvalue weighted by atomic mass is 79.9. The molecule has 1 rings (SSSR count). The van der Waals surface area contributed by atoms with Crippen LogP contribution in [0, 0.1) is 0 Å². The highest BCUT2D eigenvalue weighted by molar-refractivity contribution is 9.10. The van der Waals surface area contributed by atoms with Gasteiger partial charge in [0.15, 0.2) is 0 Å². The molecule has 1 unspecified atom stereocenters. The number of alkyl halides is 3. The highest BCUT2D eigenvalue weighted by Crippen LogP contribution is 2.30. The van der Waals surface area contributed by atoms with Gasteiger partial charge < -0.3 is 10.8 Å². The van der Waals surface area contributed by atoms with Crippen LogP contribution in [0.4, 0.5) is 18.9 Å². The maximum atomic E-state index is 11.9. The van der Waals surface area contributed by atoms with Gasteiger partial charge in [0, 0.05) is 22.1 Å². The zero-order valence-corrected chi connectivity index (χ0v) is 10.6. The molecule has 0 fully saturated rings. The molecule has 3 N–H and O–H groups in total. The lowest BCUT2D eigenvalue weighted by Gasteiger charge is -2.14. The van der Waals surface area contributed by atoms with E-state index in [1.165, 1.54) is 0 Å². The average molecular weight is 312 g/mol. The molecule has 0 spiro atoms. The van der Waals surface area contributed by atoms with Gasteiger partial charge in [-0.1, -0.05) is 15.9 Å². The zero-order chi connectivity index (χ0) is 13.1. The Balaban J connectivity index is 2.58. The smallest absolute Gasteiger partial charge is 0.389 e. The Morgan fingerprint density at radius 2 is 2.00 bits per heavy atom. The van der Waals surface area contributed by atoms with E-state index >= 15 is 0 Å². The van der Waals surface area contributed by atoms with Gasteiger partial charge in [0.2, 0.25) is 0 Å². The van der Waals surface area contributed by atoms with E-state index in [-0.39, 0.29) is 12.8 Å². The van der Waals surface area contributed by atoms with Crippen LogP contribution in [0.25, 0.3) is 0 Å². The van der Waals surface area contributed by atoms with Crippen molar-refractivity contribution in [1.29, 1.82) is 0 Å². The first-order valence-corrected chi connectivity index (χ1v) is 5.88. The van der Waals surface area contributed by atoms with Gasteiger partial charge in [0.05, 0.1) is 6.10 Å². The number of halogens is 4. The molecule has 0 aliphatic carbocycles. The second kappa shape index (κ2) is 5.73. The minimum atomic E-state index is -4.18. The van der Waals surface area contributed by atoms with E-state index in [0.29, 0.717) is 11.3 Å². The predicted molar refractivity (Wildman–Crippen MR) is 63.4 cm³/mol. The second-order valence-corrected chi connectivity index (χ2v) is 4.71. The Morgan fingerprint density at radius 1 is 1.35 bits per heavy atom. The van der Waals surface area contributed by atoms with Crippen LogP contribution in [-0.4, -0.2) is 11.3 Å². The summed E-state index contributed by atoms with van der Waals surface area (Å²) >= 11 is 3.22. The molecule has 0 bridgehead atoms. The van der Waals surface area contributed by atoms with Crippen LogP contribution in [0.1, 0.15) is 30.9 Å². The molecule has 1 aromatic carbocycles. The Labute approximate surface area is 106 Å². The SMILES string of the molecule is Nc1ccc(Br)cc1C(O)CCCC(F)(F)F. The van der Waals surface area contributed by atoms with E-state index in [1.54, 1.807) is 18.2 Å². The van der Waals surface area contributed by atoms with Gasteiger partial charge in [-0.3, -0.25) is 0 Å². The lowest BCUT2D eigenvalue weighted by molar-refractivity contribution is -0.136. The molecular formula is C11H13BrF3NO. The first-order chi connectivity index (χ1) is 7.79.